The molecule has 0 bridgehead atoms. The first-order chi connectivity index (χ1) is 11.6. The summed E-state index contributed by atoms with van der Waals surface area (Å²) in [5.74, 6) is 3.68. The lowest BCUT2D eigenvalue weighted by Gasteiger charge is -2.38. The van der Waals surface area contributed by atoms with E-state index in [2.05, 4.69) is 50.7 Å². The summed E-state index contributed by atoms with van der Waals surface area (Å²) in [5, 5.41) is 0. The lowest BCUT2D eigenvalue weighted by molar-refractivity contribution is -0.925. The SMILES string of the molecule is C#CC[N+](C)(CC=C)C(C)c1cccc(OCc2ccccc2)c1. The van der Waals surface area contributed by atoms with Crippen molar-refractivity contribution in [1.82, 2.24) is 0 Å². The van der Waals surface area contributed by atoms with Gasteiger partial charge in [-0.25, -0.2) is 0 Å². The molecule has 0 aromatic heterocycles. The maximum atomic E-state index is 5.95. The van der Waals surface area contributed by atoms with E-state index in [9.17, 15) is 0 Å². The summed E-state index contributed by atoms with van der Waals surface area (Å²) >= 11 is 0. The predicted octanol–water partition coefficient (Wildman–Crippen LogP) is 4.59. The average Bonchev–Trinajstić information content (AvgIpc) is 2.61. The summed E-state index contributed by atoms with van der Waals surface area (Å²) in [6.45, 7) is 8.16. The highest BCUT2D eigenvalue weighted by Crippen LogP contribution is 2.29. The van der Waals surface area contributed by atoms with Gasteiger partial charge in [0.15, 0.2) is 0 Å². The van der Waals surface area contributed by atoms with Crippen molar-refractivity contribution in [3.8, 4) is 18.1 Å². The number of ether oxygens (including phenoxy) is 1. The minimum absolute atomic E-state index is 0.263. The fourth-order valence-corrected chi connectivity index (χ4v) is 2.83. The van der Waals surface area contributed by atoms with Crippen LogP contribution >= 0.6 is 0 Å². The molecule has 0 heterocycles. The highest BCUT2D eigenvalue weighted by Gasteiger charge is 2.28. The van der Waals surface area contributed by atoms with Crippen LogP contribution in [0.2, 0.25) is 0 Å². The Bertz CT molecular complexity index is 701. The Hall–Kier alpha value is -2.50. The van der Waals surface area contributed by atoms with Crippen molar-refractivity contribution >= 4 is 0 Å². The van der Waals surface area contributed by atoms with Crippen molar-refractivity contribution in [3.63, 3.8) is 0 Å². The molecule has 2 rings (SSSR count). The Morgan fingerprint density at radius 3 is 2.62 bits per heavy atom. The van der Waals surface area contributed by atoms with Gasteiger partial charge in [0.1, 0.15) is 24.9 Å². The topological polar surface area (TPSA) is 9.23 Å². The van der Waals surface area contributed by atoms with Crippen molar-refractivity contribution in [1.29, 1.82) is 0 Å². The molecule has 2 aromatic rings. The van der Waals surface area contributed by atoms with Gasteiger partial charge >= 0.3 is 0 Å². The molecule has 0 aliphatic heterocycles. The second-order valence-corrected chi connectivity index (χ2v) is 6.34. The Balaban J connectivity index is 2.13. The average molecular weight is 320 g/mol. The molecule has 2 nitrogen and oxygen atoms in total. The lowest BCUT2D eigenvalue weighted by atomic mass is 10.0. The van der Waals surface area contributed by atoms with E-state index in [4.69, 9.17) is 11.2 Å². The molecule has 124 valence electrons. The quantitative estimate of drug-likeness (QED) is 0.393. The van der Waals surface area contributed by atoms with Crippen molar-refractivity contribution < 1.29 is 9.22 Å². The first-order valence-corrected chi connectivity index (χ1v) is 8.24. The van der Waals surface area contributed by atoms with E-state index in [0.717, 1.165) is 22.3 Å². The first-order valence-electron chi connectivity index (χ1n) is 8.24. The summed E-state index contributed by atoms with van der Waals surface area (Å²) < 4.78 is 6.69. The number of likely N-dealkylation sites (N-methyl/N-ethyl adjacent to an activating group) is 1. The Morgan fingerprint density at radius 1 is 1.21 bits per heavy atom. The number of terminal acetylenes is 1. The summed E-state index contributed by atoms with van der Waals surface area (Å²) in [6, 6.07) is 18.7. The molecular weight excluding hydrogens is 294 g/mol. The molecular formula is C22H26NO+. The van der Waals surface area contributed by atoms with E-state index < -0.39 is 0 Å². The number of nitrogens with zero attached hydrogens (tertiary/aromatic N) is 1. The molecule has 2 aromatic carbocycles. The Labute approximate surface area is 146 Å². The highest BCUT2D eigenvalue weighted by atomic mass is 16.5. The van der Waals surface area contributed by atoms with Gasteiger partial charge in [-0.05, 0) is 36.6 Å². The van der Waals surface area contributed by atoms with Crippen LogP contribution in [0.25, 0.3) is 0 Å². The van der Waals surface area contributed by atoms with Gasteiger partial charge < -0.3 is 9.22 Å². The third-order valence-corrected chi connectivity index (χ3v) is 4.52. The van der Waals surface area contributed by atoms with E-state index in [1.165, 1.54) is 5.56 Å². The Kier molecular flexibility index (Phi) is 6.23. The van der Waals surface area contributed by atoms with Gasteiger partial charge in [0, 0.05) is 5.56 Å². The summed E-state index contributed by atoms with van der Waals surface area (Å²) in [5.41, 5.74) is 2.38. The zero-order valence-electron chi connectivity index (χ0n) is 14.6. The molecule has 0 radical (unpaired) electrons. The molecule has 0 saturated heterocycles. The zero-order chi connectivity index (χ0) is 17.4. The minimum Gasteiger partial charge on any atom is -0.489 e. The summed E-state index contributed by atoms with van der Waals surface area (Å²) in [4.78, 5) is 0. The van der Waals surface area contributed by atoms with E-state index in [1.807, 2.05) is 36.4 Å². The zero-order valence-corrected chi connectivity index (χ0v) is 14.6. The number of hydrogen-bond acceptors (Lipinski definition) is 1. The number of rotatable bonds is 8. The van der Waals surface area contributed by atoms with Gasteiger partial charge in [0.05, 0.1) is 13.6 Å². The number of hydrogen-bond donors (Lipinski definition) is 0. The Morgan fingerprint density at radius 2 is 1.96 bits per heavy atom. The largest absolute Gasteiger partial charge is 0.489 e. The van der Waals surface area contributed by atoms with Crippen LogP contribution in [-0.2, 0) is 6.61 Å². The van der Waals surface area contributed by atoms with Gasteiger partial charge in [-0.15, -0.1) is 6.42 Å². The molecule has 0 saturated carbocycles. The molecule has 0 fully saturated rings. The molecule has 2 unspecified atom stereocenters. The lowest BCUT2D eigenvalue weighted by Crippen LogP contribution is -2.46. The molecule has 0 amide bonds. The monoisotopic (exact) mass is 320 g/mol. The second kappa shape index (κ2) is 8.38. The van der Waals surface area contributed by atoms with Gasteiger partial charge in [-0.1, -0.05) is 49.0 Å². The van der Waals surface area contributed by atoms with Crippen LogP contribution in [0.1, 0.15) is 24.1 Å². The van der Waals surface area contributed by atoms with Gasteiger partial charge in [-0.2, -0.15) is 0 Å². The smallest absolute Gasteiger partial charge is 0.141 e. The van der Waals surface area contributed by atoms with Crippen molar-refractivity contribution in [2.24, 2.45) is 0 Å². The number of benzene rings is 2. The van der Waals surface area contributed by atoms with E-state index in [1.54, 1.807) is 0 Å². The van der Waals surface area contributed by atoms with Crippen LogP contribution in [-0.4, -0.2) is 24.6 Å². The van der Waals surface area contributed by atoms with E-state index in [-0.39, 0.29) is 6.04 Å². The maximum absolute atomic E-state index is 5.95. The molecule has 0 N–H and O–H groups in total. The van der Waals surface area contributed by atoms with Crippen LogP contribution in [0, 0.1) is 12.3 Å². The van der Waals surface area contributed by atoms with Gasteiger partial charge in [0.2, 0.25) is 0 Å². The molecule has 0 spiro atoms. The van der Waals surface area contributed by atoms with Crippen molar-refractivity contribution in [2.45, 2.75) is 19.6 Å². The number of quaternary nitrogens is 1. The second-order valence-electron chi connectivity index (χ2n) is 6.34. The summed E-state index contributed by atoms with van der Waals surface area (Å²) in [7, 11) is 2.17. The van der Waals surface area contributed by atoms with Crippen LogP contribution in [0.4, 0.5) is 0 Å². The van der Waals surface area contributed by atoms with E-state index >= 15 is 0 Å². The highest BCUT2D eigenvalue weighted by molar-refractivity contribution is 5.30. The van der Waals surface area contributed by atoms with Crippen LogP contribution in [0.3, 0.4) is 0 Å². The fourth-order valence-electron chi connectivity index (χ4n) is 2.83. The minimum atomic E-state index is 0.263. The summed E-state index contributed by atoms with van der Waals surface area (Å²) in [6.07, 6.45) is 7.51. The van der Waals surface area contributed by atoms with Crippen molar-refractivity contribution in [3.05, 3.63) is 78.4 Å². The third kappa shape index (κ3) is 4.50. The first kappa shape index (κ1) is 17.8. The normalized spacial score (nSPS) is 14.2. The van der Waals surface area contributed by atoms with Gasteiger partial charge in [0.25, 0.3) is 0 Å². The fraction of sp³-hybridized carbons (Fsp3) is 0.273. The van der Waals surface area contributed by atoms with Gasteiger partial charge in [-0.3, -0.25) is 0 Å². The molecule has 0 aliphatic rings. The molecule has 2 atom stereocenters. The maximum Gasteiger partial charge on any atom is 0.141 e. The predicted molar refractivity (Wildman–Crippen MR) is 101 cm³/mol. The van der Waals surface area contributed by atoms with E-state index in [0.29, 0.717) is 13.2 Å². The molecule has 2 heteroatoms. The molecule has 0 aliphatic carbocycles. The van der Waals surface area contributed by atoms with Crippen LogP contribution in [0.5, 0.6) is 5.75 Å². The molecule has 24 heavy (non-hydrogen) atoms. The van der Waals surface area contributed by atoms with Crippen LogP contribution < -0.4 is 4.74 Å². The standard InChI is InChI=1S/C22H26NO/c1-5-15-23(4,16-6-2)19(3)21-13-10-14-22(17-21)24-18-20-11-8-7-9-12-20/h1,6-14,17,19H,2,15-16,18H2,3-4H3/q+1. The van der Waals surface area contributed by atoms with Crippen molar-refractivity contribution in [2.75, 3.05) is 20.1 Å². The third-order valence-electron chi connectivity index (χ3n) is 4.52. The van der Waals surface area contributed by atoms with Crippen LogP contribution in [0.15, 0.2) is 67.3 Å².